The summed E-state index contributed by atoms with van der Waals surface area (Å²) in [5.74, 6) is -0.217. The molecule has 0 nitrogen and oxygen atoms in total. The van der Waals surface area contributed by atoms with Crippen LogP contribution in [0.15, 0.2) is 72.8 Å². The van der Waals surface area contributed by atoms with Gasteiger partial charge in [-0.05, 0) is 47.2 Å². The van der Waals surface area contributed by atoms with Crippen molar-refractivity contribution in [3.8, 4) is 0 Å². The lowest BCUT2D eigenvalue weighted by Crippen LogP contribution is -2.01. The van der Waals surface area contributed by atoms with Crippen LogP contribution in [0.5, 0.6) is 0 Å². The van der Waals surface area contributed by atoms with E-state index in [-0.39, 0.29) is 5.82 Å². The Labute approximate surface area is 141 Å². The first-order valence-electron chi connectivity index (χ1n) is 7.57. The molecule has 0 aliphatic rings. The van der Waals surface area contributed by atoms with Crippen LogP contribution in [-0.2, 0) is 6.42 Å². The van der Waals surface area contributed by atoms with Crippen molar-refractivity contribution in [1.82, 2.24) is 0 Å². The fourth-order valence-electron chi connectivity index (χ4n) is 2.51. The second-order valence-corrected chi connectivity index (χ2v) is 6.06. The summed E-state index contributed by atoms with van der Waals surface area (Å²) in [5, 5.41) is 0. The van der Waals surface area contributed by atoms with Gasteiger partial charge in [0.15, 0.2) is 0 Å². The van der Waals surface area contributed by atoms with Crippen molar-refractivity contribution in [3.63, 3.8) is 0 Å². The zero-order valence-electron chi connectivity index (χ0n) is 12.9. The van der Waals surface area contributed by atoms with Gasteiger partial charge < -0.3 is 0 Å². The largest absolute Gasteiger partial charge is 0.207 e. The molecule has 0 aromatic heterocycles. The number of halogens is 1. The molecule has 0 heterocycles. The van der Waals surface area contributed by atoms with Gasteiger partial charge in [-0.3, -0.25) is 0 Å². The Balaban J connectivity index is 1.78. The predicted octanol–water partition coefficient (Wildman–Crippen LogP) is 5.49. The zero-order chi connectivity index (χ0) is 16.2. The van der Waals surface area contributed by atoms with Crippen molar-refractivity contribution in [3.05, 3.63) is 106 Å². The molecule has 0 radical (unpaired) electrons. The molecule has 0 amide bonds. The van der Waals surface area contributed by atoms with E-state index < -0.39 is 0 Å². The second-order valence-electron chi connectivity index (χ2n) is 5.65. The molecule has 0 saturated heterocycles. The molecule has 3 aromatic carbocycles. The third kappa shape index (κ3) is 3.72. The highest BCUT2D eigenvalue weighted by atomic mass is 32.1. The summed E-state index contributed by atoms with van der Waals surface area (Å²) in [6, 6.07) is 23.7. The van der Waals surface area contributed by atoms with Gasteiger partial charge in [-0.2, -0.15) is 0 Å². The van der Waals surface area contributed by atoms with E-state index >= 15 is 0 Å². The van der Waals surface area contributed by atoms with Gasteiger partial charge in [0.05, 0.1) is 4.86 Å². The van der Waals surface area contributed by atoms with Gasteiger partial charge in [0.2, 0.25) is 0 Å². The van der Waals surface area contributed by atoms with Gasteiger partial charge in [-0.15, -0.1) is 0 Å². The van der Waals surface area contributed by atoms with Gasteiger partial charge in [-0.25, -0.2) is 4.39 Å². The molecule has 2 heteroatoms. The average Bonchev–Trinajstić information content (AvgIpc) is 2.58. The van der Waals surface area contributed by atoms with E-state index in [1.54, 1.807) is 13.0 Å². The lowest BCUT2D eigenvalue weighted by atomic mass is 9.99. The van der Waals surface area contributed by atoms with E-state index in [9.17, 15) is 4.39 Å². The average molecular weight is 320 g/mol. The summed E-state index contributed by atoms with van der Waals surface area (Å²) >= 11 is 5.50. The van der Waals surface area contributed by atoms with E-state index in [1.165, 1.54) is 17.2 Å². The minimum absolute atomic E-state index is 0.217. The standard InChI is InChI=1S/C21H17FS/c1-15-7-10-19(14-20(15)22)21(23)18-11-8-17(9-12-18)13-16-5-3-2-4-6-16/h2-12,14H,13H2,1H3. The van der Waals surface area contributed by atoms with Crippen molar-refractivity contribution in [2.24, 2.45) is 0 Å². The van der Waals surface area contributed by atoms with E-state index in [0.717, 1.165) is 17.5 Å². The first-order chi connectivity index (χ1) is 11.1. The van der Waals surface area contributed by atoms with E-state index in [1.807, 2.05) is 36.4 Å². The topological polar surface area (TPSA) is 0 Å². The molecule has 114 valence electrons. The quantitative estimate of drug-likeness (QED) is 0.452. The molecular weight excluding hydrogens is 303 g/mol. The highest BCUT2D eigenvalue weighted by Gasteiger charge is 2.07. The van der Waals surface area contributed by atoms with Crippen molar-refractivity contribution < 1.29 is 4.39 Å². The van der Waals surface area contributed by atoms with Crippen LogP contribution in [-0.4, -0.2) is 4.86 Å². The van der Waals surface area contributed by atoms with Crippen LogP contribution < -0.4 is 0 Å². The summed E-state index contributed by atoms with van der Waals surface area (Å²) in [6.45, 7) is 1.75. The molecule has 0 spiro atoms. The summed E-state index contributed by atoms with van der Waals surface area (Å²) in [6.07, 6.45) is 0.896. The van der Waals surface area contributed by atoms with Gasteiger partial charge in [0.1, 0.15) is 5.82 Å². The fourth-order valence-corrected chi connectivity index (χ4v) is 2.77. The number of aryl methyl sites for hydroxylation is 1. The molecule has 0 N–H and O–H groups in total. The monoisotopic (exact) mass is 320 g/mol. The molecule has 0 fully saturated rings. The molecule has 0 atom stereocenters. The molecule has 0 saturated carbocycles. The fraction of sp³-hybridized carbons (Fsp3) is 0.0952. The Morgan fingerprint density at radius 1 is 0.826 bits per heavy atom. The van der Waals surface area contributed by atoms with Gasteiger partial charge in [-0.1, -0.05) is 78.9 Å². The number of hydrogen-bond acceptors (Lipinski definition) is 1. The highest BCUT2D eigenvalue weighted by Crippen LogP contribution is 2.17. The van der Waals surface area contributed by atoms with Crippen LogP contribution in [0.2, 0.25) is 0 Å². The van der Waals surface area contributed by atoms with E-state index in [2.05, 4.69) is 24.3 Å². The molecule has 0 aliphatic carbocycles. The maximum absolute atomic E-state index is 13.7. The Morgan fingerprint density at radius 3 is 2.09 bits per heavy atom. The van der Waals surface area contributed by atoms with Crippen LogP contribution in [0.25, 0.3) is 0 Å². The molecule has 0 aliphatic heterocycles. The zero-order valence-corrected chi connectivity index (χ0v) is 13.7. The van der Waals surface area contributed by atoms with Crippen LogP contribution in [0, 0.1) is 12.7 Å². The molecule has 3 aromatic rings. The van der Waals surface area contributed by atoms with Crippen LogP contribution in [0.1, 0.15) is 27.8 Å². The Kier molecular flexibility index (Phi) is 4.63. The SMILES string of the molecule is Cc1ccc(C(=S)c2ccc(Cc3ccccc3)cc2)cc1F. The Morgan fingerprint density at radius 2 is 1.43 bits per heavy atom. The highest BCUT2D eigenvalue weighted by molar-refractivity contribution is 7.81. The first-order valence-corrected chi connectivity index (χ1v) is 7.98. The normalized spacial score (nSPS) is 10.5. The van der Waals surface area contributed by atoms with E-state index in [0.29, 0.717) is 10.4 Å². The Bertz CT molecular complexity index is 820. The summed E-state index contributed by atoms with van der Waals surface area (Å²) in [5.41, 5.74) is 4.84. The van der Waals surface area contributed by atoms with Crippen molar-refractivity contribution in [2.45, 2.75) is 13.3 Å². The summed E-state index contributed by atoms with van der Waals surface area (Å²) in [4.78, 5) is 0.676. The lowest BCUT2D eigenvalue weighted by molar-refractivity contribution is 0.618. The Hall–Kier alpha value is -2.32. The van der Waals surface area contributed by atoms with Gasteiger partial charge >= 0.3 is 0 Å². The molecule has 0 unspecified atom stereocenters. The molecular formula is C21H17FS. The third-order valence-corrected chi connectivity index (χ3v) is 4.37. The minimum Gasteiger partial charge on any atom is -0.207 e. The van der Waals surface area contributed by atoms with Crippen molar-refractivity contribution in [1.29, 1.82) is 0 Å². The van der Waals surface area contributed by atoms with E-state index in [4.69, 9.17) is 12.2 Å². The number of thiocarbonyl (C=S) groups is 1. The van der Waals surface area contributed by atoms with Crippen molar-refractivity contribution >= 4 is 17.1 Å². The number of benzene rings is 3. The summed E-state index contributed by atoms with van der Waals surface area (Å²) < 4.78 is 13.7. The maximum Gasteiger partial charge on any atom is 0.126 e. The van der Waals surface area contributed by atoms with Crippen LogP contribution in [0.4, 0.5) is 4.39 Å². The lowest BCUT2D eigenvalue weighted by Gasteiger charge is -2.08. The maximum atomic E-state index is 13.7. The second kappa shape index (κ2) is 6.84. The minimum atomic E-state index is -0.217. The predicted molar refractivity (Wildman–Crippen MR) is 97.6 cm³/mol. The van der Waals surface area contributed by atoms with Crippen molar-refractivity contribution in [2.75, 3.05) is 0 Å². The molecule has 0 bridgehead atoms. The number of hydrogen-bond donors (Lipinski definition) is 0. The summed E-state index contributed by atoms with van der Waals surface area (Å²) in [7, 11) is 0. The molecule has 23 heavy (non-hydrogen) atoms. The van der Waals surface area contributed by atoms with Gasteiger partial charge in [0.25, 0.3) is 0 Å². The number of rotatable bonds is 4. The smallest absolute Gasteiger partial charge is 0.126 e. The van der Waals surface area contributed by atoms with Crippen LogP contribution in [0.3, 0.4) is 0 Å². The third-order valence-electron chi connectivity index (χ3n) is 3.90. The molecule has 3 rings (SSSR count). The van der Waals surface area contributed by atoms with Crippen LogP contribution >= 0.6 is 12.2 Å². The van der Waals surface area contributed by atoms with Gasteiger partial charge in [0, 0.05) is 0 Å². The first kappa shape index (κ1) is 15.6.